The normalized spacial score (nSPS) is 14.0. The standard InChI is InChI=1S/C10H13N3O2/c11-13-12-7-9(14)6-10(15)8-4-2-1-3-5-8/h1-5,9-10,14-15H,6-7H2. The Labute approximate surface area is 87.6 Å². The number of rotatable bonds is 5. The minimum Gasteiger partial charge on any atom is -0.393 e. The molecule has 1 aromatic rings. The van der Waals surface area contributed by atoms with Crippen molar-refractivity contribution in [2.45, 2.75) is 18.6 Å². The fourth-order valence-corrected chi connectivity index (χ4v) is 1.27. The van der Waals surface area contributed by atoms with Gasteiger partial charge in [0.15, 0.2) is 0 Å². The summed E-state index contributed by atoms with van der Waals surface area (Å²) in [6.45, 7) is -0.0135. The van der Waals surface area contributed by atoms with E-state index < -0.39 is 12.2 Å². The maximum atomic E-state index is 9.70. The van der Waals surface area contributed by atoms with E-state index >= 15 is 0 Å². The quantitative estimate of drug-likeness (QED) is 0.437. The maximum Gasteiger partial charge on any atom is 0.0814 e. The van der Waals surface area contributed by atoms with Gasteiger partial charge in [0, 0.05) is 11.3 Å². The summed E-state index contributed by atoms with van der Waals surface area (Å²) in [5, 5.41) is 22.3. The molecule has 2 atom stereocenters. The Morgan fingerprint density at radius 1 is 1.27 bits per heavy atom. The highest BCUT2D eigenvalue weighted by Crippen LogP contribution is 2.17. The van der Waals surface area contributed by atoms with E-state index in [1.807, 2.05) is 18.2 Å². The van der Waals surface area contributed by atoms with Crippen LogP contribution in [0.1, 0.15) is 18.1 Å². The first-order valence-corrected chi connectivity index (χ1v) is 4.66. The van der Waals surface area contributed by atoms with Crippen LogP contribution < -0.4 is 0 Å². The van der Waals surface area contributed by atoms with E-state index in [1.165, 1.54) is 0 Å². The summed E-state index contributed by atoms with van der Waals surface area (Å²) < 4.78 is 0. The lowest BCUT2D eigenvalue weighted by Gasteiger charge is -2.13. The summed E-state index contributed by atoms with van der Waals surface area (Å²) in [6.07, 6.45) is -1.37. The van der Waals surface area contributed by atoms with Gasteiger partial charge in [-0.25, -0.2) is 0 Å². The van der Waals surface area contributed by atoms with E-state index in [0.717, 1.165) is 5.56 Å². The topological polar surface area (TPSA) is 89.2 Å². The van der Waals surface area contributed by atoms with Crippen molar-refractivity contribution < 1.29 is 10.2 Å². The monoisotopic (exact) mass is 207 g/mol. The molecule has 0 saturated carbocycles. The van der Waals surface area contributed by atoms with Crippen LogP contribution in [0.4, 0.5) is 0 Å². The molecule has 0 spiro atoms. The fourth-order valence-electron chi connectivity index (χ4n) is 1.27. The zero-order valence-corrected chi connectivity index (χ0v) is 8.19. The van der Waals surface area contributed by atoms with Gasteiger partial charge < -0.3 is 10.2 Å². The summed E-state index contributed by atoms with van der Waals surface area (Å²) >= 11 is 0. The number of benzene rings is 1. The first kappa shape index (κ1) is 11.5. The number of aliphatic hydroxyl groups excluding tert-OH is 2. The summed E-state index contributed by atoms with van der Waals surface area (Å²) in [6, 6.07) is 9.05. The largest absolute Gasteiger partial charge is 0.393 e. The van der Waals surface area contributed by atoms with E-state index in [0.29, 0.717) is 0 Å². The second-order valence-electron chi connectivity index (χ2n) is 3.23. The molecule has 0 aliphatic rings. The lowest BCUT2D eigenvalue weighted by atomic mass is 10.0. The van der Waals surface area contributed by atoms with Gasteiger partial charge in [-0.3, -0.25) is 0 Å². The lowest BCUT2D eigenvalue weighted by molar-refractivity contribution is 0.0852. The molecule has 0 aliphatic carbocycles. The van der Waals surface area contributed by atoms with E-state index in [-0.39, 0.29) is 13.0 Å². The van der Waals surface area contributed by atoms with E-state index in [4.69, 9.17) is 5.53 Å². The van der Waals surface area contributed by atoms with Gasteiger partial charge in [-0.15, -0.1) is 0 Å². The molecule has 5 nitrogen and oxygen atoms in total. The molecule has 0 saturated heterocycles. The predicted molar refractivity (Wildman–Crippen MR) is 56.0 cm³/mol. The number of hydrogen-bond donors (Lipinski definition) is 2. The molecule has 0 amide bonds. The summed E-state index contributed by atoms with van der Waals surface area (Å²) in [4.78, 5) is 2.54. The molecule has 80 valence electrons. The van der Waals surface area contributed by atoms with Gasteiger partial charge >= 0.3 is 0 Å². The van der Waals surface area contributed by atoms with Gasteiger partial charge in [-0.1, -0.05) is 35.4 Å². The van der Waals surface area contributed by atoms with Crippen molar-refractivity contribution in [2.24, 2.45) is 5.11 Å². The number of nitrogens with zero attached hydrogens (tertiary/aromatic N) is 3. The number of hydrogen-bond acceptors (Lipinski definition) is 3. The van der Waals surface area contributed by atoms with E-state index in [2.05, 4.69) is 10.0 Å². The smallest absolute Gasteiger partial charge is 0.0814 e. The summed E-state index contributed by atoms with van der Waals surface area (Å²) in [5.74, 6) is 0. The maximum absolute atomic E-state index is 9.70. The minimum absolute atomic E-state index is 0.0135. The first-order chi connectivity index (χ1) is 7.24. The van der Waals surface area contributed by atoms with Crippen molar-refractivity contribution in [3.05, 3.63) is 46.3 Å². The highest BCUT2D eigenvalue weighted by Gasteiger charge is 2.12. The zero-order valence-electron chi connectivity index (χ0n) is 8.19. The van der Waals surface area contributed by atoms with Gasteiger partial charge in [-0.05, 0) is 11.1 Å². The Balaban J connectivity index is 2.48. The Hall–Kier alpha value is -1.55. The van der Waals surface area contributed by atoms with Crippen molar-refractivity contribution in [2.75, 3.05) is 6.54 Å². The molecular weight excluding hydrogens is 194 g/mol. The molecule has 5 heteroatoms. The van der Waals surface area contributed by atoms with Crippen LogP contribution in [0.3, 0.4) is 0 Å². The van der Waals surface area contributed by atoms with Crippen LogP contribution in [0.5, 0.6) is 0 Å². The third kappa shape index (κ3) is 3.99. The molecule has 0 aliphatic heterocycles. The zero-order chi connectivity index (χ0) is 11.1. The molecule has 0 radical (unpaired) electrons. The second kappa shape index (κ2) is 6.03. The average molecular weight is 207 g/mol. The van der Waals surface area contributed by atoms with E-state index in [9.17, 15) is 10.2 Å². The molecule has 15 heavy (non-hydrogen) atoms. The SMILES string of the molecule is [N-]=[N+]=NCC(O)CC(O)c1ccccc1. The van der Waals surface area contributed by atoms with Crippen molar-refractivity contribution in [1.29, 1.82) is 0 Å². The van der Waals surface area contributed by atoms with Gasteiger partial charge in [-0.2, -0.15) is 0 Å². The van der Waals surface area contributed by atoms with Crippen LogP contribution in [0.2, 0.25) is 0 Å². The highest BCUT2D eigenvalue weighted by atomic mass is 16.3. The summed E-state index contributed by atoms with van der Waals surface area (Å²) in [7, 11) is 0. The number of azide groups is 1. The minimum atomic E-state index is -0.809. The predicted octanol–water partition coefficient (Wildman–Crippen LogP) is 1.78. The van der Waals surface area contributed by atoms with Gasteiger partial charge in [0.2, 0.25) is 0 Å². The molecule has 0 aromatic heterocycles. The second-order valence-corrected chi connectivity index (χ2v) is 3.23. The Bertz CT molecular complexity index is 336. The Kier molecular flexibility index (Phi) is 4.63. The van der Waals surface area contributed by atoms with Crippen molar-refractivity contribution in [3.8, 4) is 0 Å². The molecule has 0 fully saturated rings. The van der Waals surface area contributed by atoms with Crippen LogP contribution in [0.25, 0.3) is 10.4 Å². The van der Waals surface area contributed by atoms with Crippen LogP contribution in [-0.2, 0) is 0 Å². The van der Waals surface area contributed by atoms with Gasteiger partial charge in [0.05, 0.1) is 18.8 Å². The van der Waals surface area contributed by atoms with Gasteiger partial charge in [0.25, 0.3) is 0 Å². The van der Waals surface area contributed by atoms with Crippen molar-refractivity contribution in [1.82, 2.24) is 0 Å². The molecule has 0 heterocycles. The lowest BCUT2D eigenvalue weighted by Crippen LogP contribution is -2.15. The van der Waals surface area contributed by atoms with Crippen molar-refractivity contribution in [3.63, 3.8) is 0 Å². The molecule has 0 bridgehead atoms. The van der Waals surface area contributed by atoms with Crippen LogP contribution in [0.15, 0.2) is 35.4 Å². The van der Waals surface area contributed by atoms with E-state index in [1.54, 1.807) is 12.1 Å². The number of aliphatic hydroxyl groups is 2. The molecular formula is C10H13N3O2. The van der Waals surface area contributed by atoms with Crippen LogP contribution in [-0.4, -0.2) is 22.9 Å². The molecule has 1 rings (SSSR count). The fraction of sp³-hybridized carbons (Fsp3) is 0.400. The first-order valence-electron chi connectivity index (χ1n) is 4.66. The van der Waals surface area contributed by atoms with Crippen LogP contribution in [0, 0.1) is 0 Å². The van der Waals surface area contributed by atoms with Gasteiger partial charge in [0.1, 0.15) is 0 Å². The van der Waals surface area contributed by atoms with Crippen molar-refractivity contribution >= 4 is 0 Å². The highest BCUT2D eigenvalue weighted by molar-refractivity contribution is 5.17. The third-order valence-electron chi connectivity index (χ3n) is 2.04. The summed E-state index contributed by atoms with van der Waals surface area (Å²) in [5.41, 5.74) is 8.80. The average Bonchev–Trinajstić information content (AvgIpc) is 2.27. The third-order valence-corrected chi connectivity index (χ3v) is 2.04. The molecule has 2 unspecified atom stereocenters. The molecule has 1 aromatic carbocycles. The molecule has 2 N–H and O–H groups in total. The Morgan fingerprint density at radius 3 is 2.53 bits per heavy atom. The van der Waals surface area contributed by atoms with Crippen LogP contribution >= 0.6 is 0 Å². The Morgan fingerprint density at radius 2 is 1.93 bits per heavy atom.